The number of benzene rings is 4. The number of nitrogens with one attached hydrogen (secondary N) is 1. The van der Waals surface area contributed by atoms with Crippen molar-refractivity contribution in [2.75, 3.05) is 16.8 Å². The van der Waals surface area contributed by atoms with Gasteiger partial charge in [0, 0.05) is 34.6 Å². The van der Waals surface area contributed by atoms with E-state index in [0.717, 1.165) is 27.2 Å². The maximum absolute atomic E-state index is 9.09. The molecule has 0 saturated carbocycles. The van der Waals surface area contributed by atoms with Gasteiger partial charge >= 0.3 is 0 Å². The first-order chi connectivity index (χ1) is 21.3. The molecule has 0 aliphatic rings. The molecule has 0 bridgehead atoms. The van der Waals surface area contributed by atoms with Crippen molar-refractivity contribution >= 4 is 32.9 Å². The maximum Gasteiger partial charge on any atom is 0.187 e. The van der Waals surface area contributed by atoms with Crippen LogP contribution in [0, 0.1) is 11.3 Å². The molecule has 6 rings (SSSR count). The highest BCUT2D eigenvalue weighted by Gasteiger charge is 2.12. The lowest BCUT2D eigenvalue weighted by Crippen LogP contribution is -2.22. The third-order valence-corrected chi connectivity index (χ3v) is 8.26. The summed E-state index contributed by atoms with van der Waals surface area (Å²) in [6, 6.07) is 43.2. The summed E-state index contributed by atoms with van der Waals surface area (Å²) in [7, 11) is 0. The highest BCUT2D eigenvalue weighted by molar-refractivity contribution is 7.19. The second-order valence-corrected chi connectivity index (χ2v) is 11.1. The van der Waals surface area contributed by atoms with Gasteiger partial charge in [-0.2, -0.15) is 5.26 Å². The van der Waals surface area contributed by atoms with Gasteiger partial charge in [0.2, 0.25) is 0 Å². The molecule has 0 fully saturated rings. The lowest BCUT2D eigenvalue weighted by molar-refractivity contribution is 0.108. The largest absolute Gasteiger partial charge is 0.357 e. The van der Waals surface area contributed by atoms with Crippen molar-refractivity contribution < 1.29 is 13.9 Å². The van der Waals surface area contributed by atoms with Gasteiger partial charge < -0.3 is 10.2 Å². The van der Waals surface area contributed by atoms with Gasteiger partial charge in [0.1, 0.15) is 6.54 Å². The van der Waals surface area contributed by atoms with Crippen molar-refractivity contribution in [1.82, 2.24) is 9.97 Å². The Kier molecular flexibility index (Phi) is 14.1. The first kappa shape index (κ1) is 33.5. The number of rotatable bonds is 9. The number of nitriles is 1. The standard InChI is InChI=1S/C18H15N3S.C16H14N2S.F2.FH/c19-11-12-21(14-15-7-3-1-4-8-15)18-20-13-17(22-18)16-9-5-2-6-10-16;1-3-7-13(8-4-1)11-17-16-18-12-15(19-16)14-9-5-2-6-10-14;1-2;/h1-10,13H,12,14H2;1-10,12H,11H2,(H,17,18);;1H. The number of hydrogen-bond acceptors (Lipinski definition) is 7. The Morgan fingerprint density at radius 2 is 1.14 bits per heavy atom. The summed E-state index contributed by atoms with van der Waals surface area (Å²) < 4.78 is 16.0. The van der Waals surface area contributed by atoms with Crippen molar-refractivity contribution in [1.29, 1.82) is 5.26 Å². The zero-order chi connectivity index (χ0) is 30.1. The molecular formula is C34H30F3N5S2. The van der Waals surface area contributed by atoms with Gasteiger partial charge in [-0.1, -0.05) is 144 Å². The van der Waals surface area contributed by atoms with Crippen LogP contribution in [0.4, 0.5) is 24.1 Å². The topological polar surface area (TPSA) is 64.8 Å². The summed E-state index contributed by atoms with van der Waals surface area (Å²) in [5, 5.41) is 14.3. The van der Waals surface area contributed by atoms with Crippen LogP contribution in [0.2, 0.25) is 0 Å². The van der Waals surface area contributed by atoms with Crippen molar-refractivity contribution in [3.05, 3.63) is 145 Å². The first-order valence-electron chi connectivity index (χ1n) is 13.4. The Hall–Kier alpha value is -4.98. The highest BCUT2D eigenvalue weighted by Crippen LogP contribution is 2.32. The average Bonchev–Trinajstić information content (AvgIpc) is 3.78. The smallest absolute Gasteiger partial charge is 0.187 e. The van der Waals surface area contributed by atoms with Crippen molar-refractivity contribution in [3.8, 4) is 27.0 Å². The van der Waals surface area contributed by atoms with Crippen LogP contribution in [0.15, 0.2) is 134 Å². The summed E-state index contributed by atoms with van der Waals surface area (Å²) in [4.78, 5) is 13.2. The van der Waals surface area contributed by atoms with Crippen LogP contribution in [0.25, 0.3) is 20.9 Å². The Morgan fingerprint density at radius 3 is 1.68 bits per heavy atom. The van der Waals surface area contributed by atoms with Gasteiger partial charge in [-0.3, -0.25) is 4.70 Å². The molecule has 1 N–H and O–H groups in total. The second kappa shape index (κ2) is 18.5. The van der Waals surface area contributed by atoms with Crippen LogP contribution < -0.4 is 10.2 Å². The summed E-state index contributed by atoms with van der Waals surface area (Å²) in [6.45, 7) is 1.83. The molecular weight excluding hydrogens is 600 g/mol. The summed E-state index contributed by atoms with van der Waals surface area (Å²) in [5.41, 5.74) is 4.81. The monoisotopic (exact) mass is 629 g/mol. The minimum atomic E-state index is 0. The number of aromatic nitrogens is 2. The average molecular weight is 630 g/mol. The quantitative estimate of drug-likeness (QED) is 0.161. The SMILES string of the molecule is F.FF.N#CCN(Cc1ccccc1)c1ncc(-c2ccccc2)s1.c1ccc(CNc2ncc(-c3ccccc3)s2)cc1. The molecule has 224 valence electrons. The molecule has 0 spiro atoms. The lowest BCUT2D eigenvalue weighted by atomic mass is 10.2. The van der Waals surface area contributed by atoms with E-state index in [1.54, 1.807) is 22.7 Å². The Balaban J connectivity index is 0.000000225. The molecule has 6 aromatic rings. The van der Waals surface area contributed by atoms with E-state index in [1.165, 1.54) is 21.6 Å². The number of anilines is 2. The fraction of sp³-hybridized carbons (Fsp3) is 0.0882. The Bertz CT molecular complexity index is 1660. The van der Waals surface area contributed by atoms with Gasteiger partial charge in [0.25, 0.3) is 0 Å². The van der Waals surface area contributed by atoms with E-state index >= 15 is 0 Å². The van der Waals surface area contributed by atoms with E-state index in [4.69, 9.17) is 14.4 Å². The van der Waals surface area contributed by atoms with E-state index in [2.05, 4.69) is 69.9 Å². The molecule has 0 amide bonds. The summed E-state index contributed by atoms with van der Waals surface area (Å²) >= 11 is 3.30. The van der Waals surface area contributed by atoms with Crippen LogP contribution in [-0.4, -0.2) is 16.5 Å². The van der Waals surface area contributed by atoms with E-state index in [9.17, 15) is 0 Å². The zero-order valence-electron chi connectivity index (χ0n) is 23.6. The highest BCUT2D eigenvalue weighted by atomic mass is 32.1. The minimum Gasteiger partial charge on any atom is -0.357 e. The van der Waals surface area contributed by atoms with Gasteiger partial charge in [-0.05, 0) is 22.3 Å². The van der Waals surface area contributed by atoms with Gasteiger partial charge in [0.05, 0.1) is 15.8 Å². The van der Waals surface area contributed by atoms with Crippen LogP contribution in [0.5, 0.6) is 0 Å². The van der Waals surface area contributed by atoms with E-state index in [1.807, 2.05) is 90.1 Å². The van der Waals surface area contributed by atoms with Gasteiger partial charge in [0.15, 0.2) is 10.3 Å². The molecule has 2 aromatic heterocycles. The Labute approximate surface area is 263 Å². The van der Waals surface area contributed by atoms with Crippen molar-refractivity contribution in [2.24, 2.45) is 0 Å². The minimum absolute atomic E-state index is 0. The number of nitrogens with zero attached hydrogens (tertiary/aromatic N) is 4. The molecule has 0 aliphatic carbocycles. The molecule has 0 saturated heterocycles. The molecule has 44 heavy (non-hydrogen) atoms. The van der Waals surface area contributed by atoms with Gasteiger partial charge in [-0.25, -0.2) is 9.97 Å². The van der Waals surface area contributed by atoms with Crippen molar-refractivity contribution in [2.45, 2.75) is 13.1 Å². The third-order valence-electron chi connectivity index (χ3n) is 6.15. The Morgan fingerprint density at radius 1 is 0.659 bits per heavy atom. The third kappa shape index (κ3) is 10.1. The molecule has 5 nitrogen and oxygen atoms in total. The predicted octanol–water partition coefficient (Wildman–Crippen LogP) is 9.76. The summed E-state index contributed by atoms with van der Waals surface area (Å²) in [5.74, 6) is 0. The van der Waals surface area contributed by atoms with Crippen LogP contribution in [0.3, 0.4) is 0 Å². The van der Waals surface area contributed by atoms with Crippen molar-refractivity contribution in [3.63, 3.8) is 0 Å². The number of thiazole rings is 2. The second-order valence-electron chi connectivity index (χ2n) is 9.11. The van der Waals surface area contributed by atoms with E-state index < -0.39 is 0 Å². The maximum atomic E-state index is 9.09. The molecule has 2 heterocycles. The fourth-order valence-corrected chi connectivity index (χ4v) is 5.83. The van der Waals surface area contributed by atoms with E-state index in [-0.39, 0.29) is 4.70 Å². The molecule has 4 aromatic carbocycles. The predicted molar refractivity (Wildman–Crippen MR) is 177 cm³/mol. The van der Waals surface area contributed by atoms with Crippen LogP contribution in [0.1, 0.15) is 11.1 Å². The first-order valence-corrected chi connectivity index (χ1v) is 15.0. The lowest BCUT2D eigenvalue weighted by Gasteiger charge is -2.18. The zero-order valence-corrected chi connectivity index (χ0v) is 25.2. The molecule has 0 unspecified atom stereocenters. The van der Waals surface area contributed by atoms with Crippen LogP contribution in [-0.2, 0) is 13.1 Å². The molecule has 10 heteroatoms. The number of halogens is 3. The van der Waals surface area contributed by atoms with Gasteiger partial charge in [-0.15, -0.1) is 0 Å². The molecule has 0 aliphatic heterocycles. The molecule has 0 radical (unpaired) electrons. The van der Waals surface area contributed by atoms with Crippen LogP contribution >= 0.6 is 22.7 Å². The normalized spacial score (nSPS) is 9.66. The fourth-order valence-electron chi connectivity index (χ4n) is 4.09. The molecule has 0 atom stereocenters. The number of hydrogen-bond donors (Lipinski definition) is 1. The van der Waals surface area contributed by atoms with E-state index in [0.29, 0.717) is 13.1 Å². The summed E-state index contributed by atoms with van der Waals surface area (Å²) in [6.07, 6.45) is 3.80.